The van der Waals surface area contributed by atoms with E-state index in [1.165, 1.54) is 13.2 Å². The number of phenolic OH excluding ortho intramolecular Hbond substituents is 1. The third-order valence-corrected chi connectivity index (χ3v) is 8.64. The van der Waals surface area contributed by atoms with Gasteiger partial charge in [-0.05, 0) is 67.7 Å². The number of phenols is 1. The van der Waals surface area contributed by atoms with E-state index in [0.717, 1.165) is 0 Å². The predicted molar refractivity (Wildman–Crippen MR) is 153 cm³/mol. The van der Waals surface area contributed by atoms with E-state index in [0.29, 0.717) is 22.3 Å². The number of rotatable bonds is 7. The van der Waals surface area contributed by atoms with Gasteiger partial charge in [-0.15, -0.1) is 0 Å². The number of ketones is 2. The Morgan fingerprint density at radius 1 is 1.16 bits per heavy atom. The minimum absolute atomic E-state index is 0.0365. The lowest BCUT2D eigenvalue weighted by Crippen LogP contribution is -2.64. The van der Waals surface area contributed by atoms with Crippen molar-refractivity contribution in [2.45, 2.75) is 24.5 Å². The van der Waals surface area contributed by atoms with Crippen LogP contribution in [0.15, 0.2) is 59.1 Å². The number of benzene rings is 2. The molecule has 0 fully saturated rings. The monoisotopic (exact) mass is 591 g/mol. The number of hydrogen-bond donors (Lipinski definition) is 6. The largest absolute Gasteiger partial charge is 0.508 e. The molecule has 12 heteroatoms. The highest BCUT2D eigenvalue weighted by molar-refractivity contribution is 6.25. The number of primary amides is 1. The molecule has 226 valence electrons. The molecule has 0 saturated heterocycles. The van der Waals surface area contributed by atoms with E-state index in [2.05, 4.69) is 5.32 Å². The summed E-state index contributed by atoms with van der Waals surface area (Å²) in [6.45, 7) is -0.137. The average molecular weight is 592 g/mol. The van der Waals surface area contributed by atoms with Gasteiger partial charge in [-0.25, -0.2) is 0 Å². The number of hydrogen-bond acceptors (Lipinski definition) is 10. The van der Waals surface area contributed by atoms with Gasteiger partial charge in [0.15, 0.2) is 11.4 Å². The summed E-state index contributed by atoms with van der Waals surface area (Å²) in [4.78, 5) is 54.2. The molecule has 43 heavy (non-hydrogen) atoms. The van der Waals surface area contributed by atoms with Gasteiger partial charge in [0.2, 0.25) is 5.78 Å². The minimum atomic E-state index is -2.64. The maximum atomic E-state index is 14.0. The van der Waals surface area contributed by atoms with Crippen molar-refractivity contribution in [3.05, 3.63) is 75.8 Å². The highest BCUT2D eigenvalue weighted by atomic mass is 16.5. The molecule has 12 nitrogen and oxygen atoms in total. The zero-order valence-corrected chi connectivity index (χ0v) is 23.9. The van der Waals surface area contributed by atoms with E-state index in [4.69, 9.17) is 15.6 Å². The number of amides is 2. The van der Waals surface area contributed by atoms with E-state index in [1.54, 1.807) is 49.3 Å². The van der Waals surface area contributed by atoms with Gasteiger partial charge in [-0.2, -0.15) is 0 Å². The van der Waals surface area contributed by atoms with Gasteiger partial charge >= 0.3 is 0 Å². The average Bonchev–Trinajstić information content (AvgIpc) is 2.96. The lowest BCUT2D eigenvalue weighted by molar-refractivity contribution is -0.148. The zero-order chi connectivity index (χ0) is 31.4. The number of carbonyl (C=O) groups is 4. The highest BCUT2D eigenvalue weighted by Crippen LogP contribution is 2.53. The van der Waals surface area contributed by atoms with Crippen LogP contribution in [0.1, 0.15) is 32.7 Å². The second-order valence-corrected chi connectivity index (χ2v) is 11.2. The summed E-state index contributed by atoms with van der Waals surface area (Å²) >= 11 is 0. The molecule has 0 heterocycles. The Morgan fingerprint density at radius 2 is 1.88 bits per heavy atom. The second-order valence-electron chi connectivity index (χ2n) is 11.2. The minimum Gasteiger partial charge on any atom is -0.508 e. The molecule has 0 spiro atoms. The number of aromatic hydroxyl groups is 1. The maximum Gasteiger partial charge on any atom is 0.255 e. The number of nitrogens with zero attached hydrogens (tertiary/aromatic N) is 1. The third kappa shape index (κ3) is 4.49. The molecule has 4 atom stereocenters. The first-order valence-electron chi connectivity index (χ1n) is 13.7. The molecule has 0 aromatic heterocycles. The van der Waals surface area contributed by atoms with Crippen molar-refractivity contribution < 1.29 is 44.3 Å². The fourth-order valence-electron chi connectivity index (χ4n) is 6.82. The van der Waals surface area contributed by atoms with Gasteiger partial charge in [-0.3, -0.25) is 24.1 Å². The number of aliphatic hydroxyl groups is 3. The first-order valence-corrected chi connectivity index (χ1v) is 13.7. The molecule has 3 aliphatic carbocycles. The topological polar surface area (TPSA) is 200 Å². The van der Waals surface area contributed by atoms with Gasteiger partial charge in [-0.1, -0.05) is 18.2 Å². The molecule has 2 aromatic rings. The lowest BCUT2D eigenvalue weighted by Gasteiger charge is -2.50. The van der Waals surface area contributed by atoms with Crippen LogP contribution in [0.25, 0.3) is 11.1 Å². The van der Waals surface area contributed by atoms with Gasteiger partial charge < -0.3 is 36.2 Å². The Labute approximate surface area is 247 Å². The van der Waals surface area contributed by atoms with Crippen LogP contribution < -0.4 is 11.1 Å². The predicted octanol–water partition coefficient (Wildman–Crippen LogP) is 0.598. The van der Waals surface area contributed by atoms with E-state index >= 15 is 0 Å². The normalized spacial score (nSPS) is 24.8. The van der Waals surface area contributed by atoms with Gasteiger partial charge in [0, 0.05) is 23.6 Å². The Kier molecular flexibility index (Phi) is 7.63. The summed E-state index contributed by atoms with van der Waals surface area (Å²) in [5.74, 6) is -6.41. The van der Waals surface area contributed by atoms with E-state index in [9.17, 15) is 34.5 Å². The standard InChI is InChI=1S/C31H33N3O9/c1-34(2)24-19-13-16-12-18-17(14-5-4-6-15(11-14)30(41)33-9-10-35)7-8-20(36)22(18)25(37)21(16)27(38)31(19,42)28(39)23(29(32)40)26(24)43-3/h4-8,11,16,19,24,35-36,38,42H,9-10,12-13H2,1-3H3,(H2,32,40)(H,33,41)/t16-,19-,24-,31-/m0/s1. The summed E-state index contributed by atoms with van der Waals surface area (Å²) in [7, 11) is 4.61. The molecule has 7 N–H and O–H groups in total. The quantitative estimate of drug-likeness (QED) is 0.248. The zero-order valence-electron chi connectivity index (χ0n) is 23.9. The van der Waals surface area contributed by atoms with Crippen LogP contribution >= 0.6 is 0 Å². The van der Waals surface area contributed by atoms with Crippen LogP contribution in [0.5, 0.6) is 5.75 Å². The molecular weight excluding hydrogens is 558 g/mol. The fourth-order valence-corrected chi connectivity index (χ4v) is 6.82. The summed E-state index contributed by atoms with van der Waals surface area (Å²) in [5, 5.41) is 45.9. The Morgan fingerprint density at radius 3 is 2.51 bits per heavy atom. The fraction of sp³-hybridized carbons (Fsp3) is 0.355. The second kappa shape index (κ2) is 11.0. The first kappa shape index (κ1) is 30.0. The third-order valence-electron chi connectivity index (χ3n) is 8.64. The van der Waals surface area contributed by atoms with Crippen molar-refractivity contribution in [2.75, 3.05) is 34.4 Å². The maximum absolute atomic E-state index is 14.0. The Balaban J connectivity index is 1.66. The lowest BCUT2D eigenvalue weighted by atomic mass is 9.58. The van der Waals surface area contributed by atoms with Crippen LogP contribution in [0.2, 0.25) is 0 Å². The van der Waals surface area contributed by atoms with E-state index < -0.39 is 58.2 Å². The van der Waals surface area contributed by atoms with Crippen molar-refractivity contribution in [3.8, 4) is 16.9 Å². The number of likely N-dealkylation sites (N-methyl/N-ethyl adjacent to an activating group) is 1. The molecule has 0 unspecified atom stereocenters. The Bertz CT molecular complexity index is 1630. The first-order chi connectivity index (χ1) is 20.4. The van der Waals surface area contributed by atoms with E-state index in [1.807, 2.05) is 0 Å². The van der Waals surface area contributed by atoms with E-state index in [-0.39, 0.29) is 48.6 Å². The smallest absolute Gasteiger partial charge is 0.255 e. The highest BCUT2D eigenvalue weighted by Gasteiger charge is 2.63. The number of allylic oxidation sites excluding steroid dienone is 1. The van der Waals surface area contributed by atoms with Crippen LogP contribution in [0.4, 0.5) is 0 Å². The Hall–Kier alpha value is -4.52. The van der Waals surface area contributed by atoms with Crippen molar-refractivity contribution in [2.24, 2.45) is 17.6 Å². The van der Waals surface area contributed by atoms with Crippen molar-refractivity contribution >= 4 is 23.4 Å². The summed E-state index contributed by atoms with van der Waals surface area (Å²) in [5.41, 5.74) is 3.96. The molecule has 0 radical (unpaired) electrons. The van der Waals surface area contributed by atoms with Crippen LogP contribution in [-0.4, -0.2) is 94.7 Å². The number of Topliss-reactive ketones (excluding diaryl/α,β-unsaturated/α-hetero) is 2. The molecule has 2 aromatic carbocycles. The number of fused-ring (bicyclic) bond motifs is 3. The van der Waals surface area contributed by atoms with Gasteiger partial charge in [0.25, 0.3) is 11.8 Å². The molecule has 2 amide bonds. The molecule has 0 bridgehead atoms. The van der Waals surface area contributed by atoms with Gasteiger partial charge in [0.1, 0.15) is 22.8 Å². The van der Waals surface area contributed by atoms with Crippen molar-refractivity contribution in [3.63, 3.8) is 0 Å². The van der Waals surface area contributed by atoms with Crippen LogP contribution in [0.3, 0.4) is 0 Å². The number of methoxy groups -OCH3 is 1. The molecular formula is C31H33N3O9. The summed E-state index contributed by atoms with van der Waals surface area (Å²) in [6.07, 6.45) is 0.202. The van der Waals surface area contributed by atoms with Crippen molar-refractivity contribution in [1.29, 1.82) is 0 Å². The SMILES string of the molecule is COC1=C(C(N)=O)C(=O)[C@@]2(O)C(O)=C3C(=O)c4c(O)ccc(-c5cccc(C(=O)NCCO)c5)c4C[C@H]3C[C@H]2[C@@H]1N(C)C. The number of nitrogens with two attached hydrogens (primary N) is 1. The molecule has 5 rings (SSSR count). The number of nitrogens with one attached hydrogen (secondary N) is 1. The van der Waals surface area contributed by atoms with Crippen LogP contribution in [0, 0.1) is 11.8 Å². The summed E-state index contributed by atoms with van der Waals surface area (Å²) < 4.78 is 5.46. The van der Waals surface area contributed by atoms with Crippen LogP contribution in [-0.2, 0) is 20.7 Å². The molecule has 0 saturated carbocycles. The van der Waals surface area contributed by atoms with Crippen molar-refractivity contribution in [1.82, 2.24) is 10.2 Å². The molecule has 0 aliphatic heterocycles. The number of ether oxygens (including phenoxy) is 1. The summed E-state index contributed by atoms with van der Waals surface area (Å²) in [6, 6.07) is 8.79. The molecule has 3 aliphatic rings. The van der Waals surface area contributed by atoms with Gasteiger partial charge in [0.05, 0.1) is 25.3 Å². The number of aliphatic hydroxyl groups excluding tert-OH is 2. The number of carbonyl (C=O) groups excluding carboxylic acids is 4.